The Morgan fingerprint density at radius 2 is 1.81 bits per heavy atom. The first kappa shape index (κ1) is 24.0. The molecule has 1 aromatic heterocycles. The highest BCUT2D eigenvalue weighted by Gasteiger charge is 2.27. The molecule has 0 unspecified atom stereocenters. The molecule has 1 saturated heterocycles. The number of rotatable bonds is 6. The van der Waals surface area contributed by atoms with Crippen LogP contribution in [0.2, 0.25) is 0 Å². The van der Waals surface area contributed by atoms with Gasteiger partial charge in [0.25, 0.3) is 0 Å². The third kappa shape index (κ3) is 5.38. The van der Waals surface area contributed by atoms with Crippen molar-refractivity contribution in [2.24, 2.45) is 0 Å². The summed E-state index contributed by atoms with van der Waals surface area (Å²) in [7, 11) is 5.31. The van der Waals surface area contributed by atoms with Gasteiger partial charge in [0.15, 0.2) is 0 Å². The lowest BCUT2D eigenvalue weighted by Gasteiger charge is -2.37. The molecule has 32 heavy (non-hydrogen) atoms. The van der Waals surface area contributed by atoms with Crippen molar-refractivity contribution in [3.63, 3.8) is 0 Å². The Bertz CT molecular complexity index is 950. The van der Waals surface area contributed by atoms with E-state index in [0.717, 1.165) is 42.4 Å². The average Bonchev–Trinajstić information content (AvgIpc) is 2.76. The molecule has 3 rings (SSSR count). The molecule has 0 aliphatic carbocycles. The Morgan fingerprint density at radius 1 is 1.12 bits per heavy atom. The molecule has 1 fully saturated rings. The number of urea groups is 1. The number of anilines is 1. The van der Waals surface area contributed by atoms with Crippen LogP contribution in [0.15, 0.2) is 18.2 Å². The third-order valence-electron chi connectivity index (χ3n) is 5.99. The van der Waals surface area contributed by atoms with E-state index in [4.69, 9.17) is 14.7 Å². The van der Waals surface area contributed by atoms with Crippen molar-refractivity contribution in [1.82, 2.24) is 19.8 Å². The van der Waals surface area contributed by atoms with Gasteiger partial charge in [0.2, 0.25) is 0 Å². The highest BCUT2D eigenvalue weighted by atomic mass is 16.5. The van der Waals surface area contributed by atoms with Crippen molar-refractivity contribution in [2.75, 3.05) is 52.3 Å². The monoisotopic (exact) mass is 439 g/mol. The predicted molar refractivity (Wildman–Crippen MR) is 128 cm³/mol. The highest BCUT2D eigenvalue weighted by molar-refractivity contribution is 5.74. The molecule has 7 nitrogen and oxygen atoms in total. The summed E-state index contributed by atoms with van der Waals surface area (Å²) in [5.74, 6) is 2.04. The minimum atomic E-state index is 0.0610. The number of carbonyl (C=O) groups is 1. The Balaban J connectivity index is 2.01. The lowest BCUT2D eigenvalue weighted by molar-refractivity contribution is 0.167. The molecule has 0 radical (unpaired) electrons. The summed E-state index contributed by atoms with van der Waals surface area (Å²) in [5.41, 5.74) is 5.87. The molecular formula is C25H37N5O2. The fraction of sp³-hybridized carbons (Fsp3) is 0.560. The molecule has 0 saturated carbocycles. The Hall–Kier alpha value is -2.67. The predicted octanol–water partition coefficient (Wildman–Crippen LogP) is 3.76. The first-order valence-electron chi connectivity index (χ1n) is 11.4. The van der Waals surface area contributed by atoms with Crippen molar-refractivity contribution in [2.45, 2.75) is 46.6 Å². The molecule has 0 N–H and O–H groups in total. The molecule has 2 aromatic rings. The number of aromatic nitrogens is 2. The average molecular weight is 440 g/mol. The van der Waals surface area contributed by atoms with Crippen molar-refractivity contribution in [1.29, 1.82) is 0 Å². The number of carbonyl (C=O) groups excluding carboxylic acids is 1. The van der Waals surface area contributed by atoms with Gasteiger partial charge in [-0.05, 0) is 25.0 Å². The van der Waals surface area contributed by atoms with Gasteiger partial charge in [0.1, 0.15) is 11.6 Å². The lowest BCUT2D eigenvalue weighted by atomic mass is 9.97. The van der Waals surface area contributed by atoms with Crippen LogP contribution in [0, 0.1) is 13.8 Å². The van der Waals surface area contributed by atoms with Gasteiger partial charge in [0.05, 0.1) is 12.3 Å². The van der Waals surface area contributed by atoms with Crippen molar-refractivity contribution in [3.8, 4) is 0 Å². The Morgan fingerprint density at radius 3 is 2.41 bits per heavy atom. The summed E-state index contributed by atoms with van der Waals surface area (Å²) in [6, 6.07) is 6.63. The lowest BCUT2D eigenvalue weighted by Crippen LogP contribution is -2.52. The van der Waals surface area contributed by atoms with Gasteiger partial charge in [-0.25, -0.2) is 14.8 Å². The molecule has 0 bridgehead atoms. The number of ether oxygens (including phenoxy) is 1. The van der Waals surface area contributed by atoms with Crippen LogP contribution in [0.25, 0.3) is 0 Å². The fourth-order valence-electron chi connectivity index (χ4n) is 4.07. The van der Waals surface area contributed by atoms with E-state index in [2.05, 4.69) is 50.8 Å². The molecule has 2 amide bonds. The van der Waals surface area contributed by atoms with Crippen molar-refractivity contribution < 1.29 is 9.53 Å². The second-order valence-corrected chi connectivity index (χ2v) is 9.18. The Labute approximate surface area is 192 Å². The SMILES string of the molecule is COCc1nc(C(C)C)nc(N2CCN(C(=O)N(C)C)CC2)c1Cc1cc(C)ccc1C. The molecule has 174 valence electrons. The second-order valence-electron chi connectivity index (χ2n) is 9.18. The van der Waals surface area contributed by atoms with Crippen LogP contribution in [0.4, 0.5) is 10.6 Å². The number of hydrogen-bond donors (Lipinski definition) is 0. The molecular weight excluding hydrogens is 402 g/mol. The van der Waals surface area contributed by atoms with Gasteiger partial charge in [0, 0.05) is 65.3 Å². The van der Waals surface area contributed by atoms with Gasteiger partial charge in [-0.15, -0.1) is 0 Å². The molecule has 2 heterocycles. The number of methoxy groups -OCH3 is 1. The van der Waals surface area contributed by atoms with Crippen molar-refractivity contribution >= 4 is 11.8 Å². The zero-order valence-corrected chi connectivity index (χ0v) is 20.6. The Kier molecular flexibility index (Phi) is 7.72. The molecule has 0 atom stereocenters. The maximum atomic E-state index is 12.4. The third-order valence-corrected chi connectivity index (χ3v) is 5.99. The van der Waals surface area contributed by atoms with Crippen LogP contribution in [0.3, 0.4) is 0 Å². The van der Waals surface area contributed by atoms with Gasteiger partial charge in [-0.3, -0.25) is 0 Å². The van der Waals surface area contributed by atoms with Crippen LogP contribution in [0.5, 0.6) is 0 Å². The maximum Gasteiger partial charge on any atom is 0.319 e. The van der Waals surface area contributed by atoms with E-state index in [9.17, 15) is 4.79 Å². The normalized spacial score (nSPS) is 14.2. The molecule has 1 aromatic carbocycles. The van der Waals surface area contributed by atoms with Gasteiger partial charge < -0.3 is 19.4 Å². The van der Waals surface area contributed by atoms with Crippen LogP contribution in [-0.2, 0) is 17.8 Å². The zero-order chi connectivity index (χ0) is 23.4. The smallest absolute Gasteiger partial charge is 0.319 e. The summed E-state index contributed by atoms with van der Waals surface area (Å²) in [6.07, 6.45) is 0.761. The largest absolute Gasteiger partial charge is 0.378 e. The van der Waals surface area contributed by atoms with Gasteiger partial charge >= 0.3 is 6.03 Å². The first-order chi connectivity index (χ1) is 15.2. The minimum Gasteiger partial charge on any atom is -0.378 e. The summed E-state index contributed by atoms with van der Waals surface area (Å²) < 4.78 is 5.54. The van der Waals surface area contributed by atoms with Crippen LogP contribution < -0.4 is 4.90 Å². The van der Waals surface area contributed by atoms with E-state index in [0.29, 0.717) is 19.7 Å². The van der Waals surface area contributed by atoms with E-state index in [-0.39, 0.29) is 11.9 Å². The minimum absolute atomic E-state index is 0.0610. The quantitative estimate of drug-likeness (QED) is 0.686. The number of amides is 2. The number of nitrogens with zero attached hydrogens (tertiary/aromatic N) is 5. The molecule has 1 aliphatic heterocycles. The second kappa shape index (κ2) is 10.3. The topological polar surface area (TPSA) is 61.8 Å². The number of hydrogen-bond acceptors (Lipinski definition) is 5. The van der Waals surface area contributed by atoms with Crippen LogP contribution >= 0.6 is 0 Å². The van der Waals surface area contributed by atoms with Crippen LogP contribution in [0.1, 0.15) is 53.5 Å². The number of piperazine rings is 1. The van der Waals surface area contributed by atoms with Gasteiger partial charge in [-0.2, -0.15) is 0 Å². The van der Waals surface area contributed by atoms with E-state index >= 15 is 0 Å². The number of benzene rings is 1. The fourth-order valence-corrected chi connectivity index (χ4v) is 4.07. The zero-order valence-electron chi connectivity index (χ0n) is 20.6. The van der Waals surface area contributed by atoms with Crippen LogP contribution in [-0.4, -0.2) is 73.2 Å². The standard InChI is InChI=1S/C25H37N5O2/c1-17(2)23-26-22(16-32-7)21(15-20-14-18(3)8-9-19(20)4)24(27-23)29-10-12-30(13-11-29)25(31)28(5)6/h8-9,14,17H,10-13,15-16H2,1-7H3. The van der Waals surface area contributed by atoms with Gasteiger partial charge in [-0.1, -0.05) is 37.6 Å². The highest BCUT2D eigenvalue weighted by Crippen LogP contribution is 2.29. The van der Waals surface area contributed by atoms with E-state index < -0.39 is 0 Å². The van der Waals surface area contributed by atoms with Crippen molar-refractivity contribution in [3.05, 3.63) is 52.0 Å². The van der Waals surface area contributed by atoms with E-state index in [1.54, 1.807) is 26.1 Å². The summed E-state index contributed by atoms with van der Waals surface area (Å²) >= 11 is 0. The first-order valence-corrected chi connectivity index (χ1v) is 11.4. The maximum absolute atomic E-state index is 12.4. The molecule has 0 spiro atoms. The summed E-state index contributed by atoms with van der Waals surface area (Å²) in [5, 5.41) is 0. The summed E-state index contributed by atoms with van der Waals surface area (Å²) in [6.45, 7) is 11.8. The molecule has 1 aliphatic rings. The number of aryl methyl sites for hydroxylation is 2. The van der Waals surface area contributed by atoms with E-state index in [1.807, 2.05) is 4.90 Å². The molecule has 7 heteroatoms. The summed E-state index contributed by atoms with van der Waals surface area (Å²) in [4.78, 5) is 28.2. The van der Waals surface area contributed by atoms with E-state index in [1.165, 1.54) is 16.7 Å².